The Hall–Kier alpha value is -0.170. The van der Waals surface area contributed by atoms with Crippen molar-refractivity contribution in [3.8, 4) is 0 Å². The molecule has 0 heterocycles. The Bertz CT molecular complexity index is 240. The molecule has 0 aromatic rings. The van der Waals surface area contributed by atoms with Gasteiger partial charge in [0, 0.05) is 13.1 Å². The van der Waals surface area contributed by atoms with Crippen LogP contribution in [0.4, 0.5) is 0 Å². The van der Waals surface area contributed by atoms with E-state index in [0.29, 0.717) is 13.2 Å². The van der Waals surface area contributed by atoms with Crippen LogP contribution in [0.1, 0.15) is 33.1 Å². The van der Waals surface area contributed by atoms with Gasteiger partial charge in [0.1, 0.15) is 0 Å². The molecule has 0 atom stereocenters. The molecule has 0 aliphatic carbocycles. The number of nitrogens with zero attached hydrogens (tertiary/aromatic N) is 1. The van der Waals surface area contributed by atoms with Gasteiger partial charge in [-0.05, 0) is 6.42 Å². The minimum atomic E-state index is -3.89. The molecule has 0 bridgehead atoms. The molecule has 0 fully saturated rings. The molecule has 0 radical (unpaired) electrons. The van der Waals surface area contributed by atoms with Gasteiger partial charge < -0.3 is 0 Å². The molecule has 0 saturated carbocycles. The van der Waals surface area contributed by atoms with Crippen LogP contribution in [0.25, 0.3) is 0 Å². The van der Waals surface area contributed by atoms with Crippen LogP contribution >= 0.6 is 0 Å². The second-order valence-electron chi connectivity index (χ2n) is 3.35. The number of hydrogen-bond acceptors (Lipinski definition) is 4. The minimum Gasteiger partial charge on any atom is -0.299 e. The highest BCUT2D eigenvalue weighted by Crippen LogP contribution is 1.98. The van der Waals surface area contributed by atoms with E-state index in [1.54, 1.807) is 5.06 Å². The van der Waals surface area contributed by atoms with Gasteiger partial charge in [-0.3, -0.25) is 9.39 Å². The first-order chi connectivity index (χ1) is 6.99. The van der Waals surface area contributed by atoms with E-state index in [1.165, 1.54) is 0 Å². The zero-order valence-corrected chi connectivity index (χ0v) is 10.3. The first-order valence-corrected chi connectivity index (χ1v) is 6.93. The summed E-state index contributed by atoms with van der Waals surface area (Å²) in [6, 6.07) is 0. The third-order valence-corrected chi connectivity index (χ3v) is 2.67. The number of hydrogen-bond donors (Lipinski definition) is 1. The molecule has 5 nitrogen and oxygen atoms in total. The topological polar surface area (TPSA) is 66.8 Å². The van der Waals surface area contributed by atoms with Crippen molar-refractivity contribution < 1.29 is 17.8 Å². The lowest BCUT2D eigenvalue weighted by atomic mass is 10.3. The summed E-state index contributed by atoms with van der Waals surface area (Å²) < 4.78 is 29.6. The van der Waals surface area contributed by atoms with Gasteiger partial charge in [-0.1, -0.05) is 26.7 Å². The maximum absolute atomic E-state index is 10.5. The Morgan fingerprint density at radius 2 is 1.93 bits per heavy atom. The largest absolute Gasteiger partial charge is 0.299 e. The molecule has 1 N–H and O–H groups in total. The van der Waals surface area contributed by atoms with Crippen LogP contribution in [0.15, 0.2) is 0 Å². The zero-order chi connectivity index (χ0) is 11.7. The summed E-state index contributed by atoms with van der Waals surface area (Å²) in [4.78, 5) is 5.35. The van der Waals surface area contributed by atoms with Crippen LogP contribution in [0, 0.1) is 0 Å². The van der Waals surface area contributed by atoms with Gasteiger partial charge in [-0.25, -0.2) is 0 Å². The standard InChI is InChI=1S/C9H21NO4S/c1-3-5-6-8-14-10(4-2)7-9-15(11,12)13/h3-9H2,1-2H3,(H,11,12,13). The number of hydroxylamine groups is 2. The molecule has 6 heteroatoms. The summed E-state index contributed by atoms with van der Waals surface area (Å²) in [7, 11) is -3.89. The van der Waals surface area contributed by atoms with Gasteiger partial charge in [-0.2, -0.15) is 13.5 Å². The Kier molecular flexibility index (Phi) is 7.95. The van der Waals surface area contributed by atoms with Crippen LogP contribution in [-0.4, -0.2) is 43.5 Å². The van der Waals surface area contributed by atoms with Crippen LogP contribution in [0.2, 0.25) is 0 Å². The molecule has 92 valence electrons. The minimum absolute atomic E-state index is 0.210. The number of unbranched alkanes of at least 4 members (excludes halogenated alkanes) is 2. The lowest BCUT2D eigenvalue weighted by Gasteiger charge is -2.19. The van der Waals surface area contributed by atoms with Crippen molar-refractivity contribution >= 4 is 10.1 Å². The van der Waals surface area contributed by atoms with Crippen molar-refractivity contribution in [3.63, 3.8) is 0 Å². The van der Waals surface area contributed by atoms with Gasteiger partial charge in [0.2, 0.25) is 0 Å². The molecular formula is C9H21NO4S. The van der Waals surface area contributed by atoms with Crippen LogP contribution in [0.5, 0.6) is 0 Å². The smallest absolute Gasteiger partial charge is 0.266 e. The predicted octanol–water partition coefficient (Wildman–Crippen LogP) is 1.32. The summed E-state index contributed by atoms with van der Waals surface area (Å²) in [5.41, 5.74) is 0. The monoisotopic (exact) mass is 239 g/mol. The lowest BCUT2D eigenvalue weighted by Crippen LogP contribution is -2.29. The van der Waals surface area contributed by atoms with Gasteiger partial charge in [0.15, 0.2) is 0 Å². The van der Waals surface area contributed by atoms with E-state index < -0.39 is 10.1 Å². The van der Waals surface area contributed by atoms with E-state index in [-0.39, 0.29) is 12.3 Å². The molecule has 0 aliphatic heterocycles. The fourth-order valence-corrected chi connectivity index (χ4v) is 1.51. The van der Waals surface area contributed by atoms with Crippen LogP contribution in [-0.2, 0) is 15.0 Å². The highest BCUT2D eigenvalue weighted by atomic mass is 32.2. The number of rotatable bonds is 9. The second kappa shape index (κ2) is 8.04. The van der Waals surface area contributed by atoms with E-state index >= 15 is 0 Å². The normalized spacial score (nSPS) is 12.3. The summed E-state index contributed by atoms with van der Waals surface area (Å²) in [6.45, 7) is 5.41. The van der Waals surface area contributed by atoms with Crippen molar-refractivity contribution in [2.75, 3.05) is 25.4 Å². The third-order valence-electron chi connectivity index (χ3n) is 1.97. The highest BCUT2D eigenvalue weighted by Gasteiger charge is 2.09. The molecule has 0 rings (SSSR count). The fraction of sp³-hybridized carbons (Fsp3) is 1.00. The van der Waals surface area contributed by atoms with E-state index in [1.807, 2.05) is 6.92 Å². The fourth-order valence-electron chi connectivity index (χ4n) is 1.08. The lowest BCUT2D eigenvalue weighted by molar-refractivity contribution is -0.153. The average Bonchev–Trinajstić information content (AvgIpc) is 2.15. The summed E-state index contributed by atoms with van der Waals surface area (Å²) in [6.07, 6.45) is 3.20. The highest BCUT2D eigenvalue weighted by molar-refractivity contribution is 7.85. The maximum atomic E-state index is 10.5. The second-order valence-corrected chi connectivity index (χ2v) is 4.92. The molecule has 15 heavy (non-hydrogen) atoms. The van der Waals surface area contributed by atoms with Crippen molar-refractivity contribution in [2.24, 2.45) is 0 Å². The van der Waals surface area contributed by atoms with Crippen molar-refractivity contribution in [2.45, 2.75) is 33.1 Å². The molecule has 0 saturated heterocycles. The molecular weight excluding hydrogens is 218 g/mol. The van der Waals surface area contributed by atoms with Gasteiger partial charge in [0.25, 0.3) is 10.1 Å². The van der Waals surface area contributed by atoms with Crippen molar-refractivity contribution in [1.82, 2.24) is 5.06 Å². The summed E-state index contributed by atoms with van der Waals surface area (Å²) in [5.74, 6) is -0.283. The van der Waals surface area contributed by atoms with Gasteiger partial charge in [-0.15, -0.1) is 0 Å². The zero-order valence-electron chi connectivity index (χ0n) is 9.48. The molecule has 0 spiro atoms. The summed E-state index contributed by atoms with van der Waals surface area (Å²) in [5, 5.41) is 1.56. The maximum Gasteiger partial charge on any atom is 0.266 e. The first kappa shape index (κ1) is 14.8. The van der Waals surface area contributed by atoms with Crippen LogP contribution < -0.4 is 0 Å². The molecule has 0 aliphatic rings. The Morgan fingerprint density at radius 3 is 2.40 bits per heavy atom. The van der Waals surface area contributed by atoms with E-state index in [9.17, 15) is 8.42 Å². The average molecular weight is 239 g/mol. The van der Waals surface area contributed by atoms with E-state index in [2.05, 4.69) is 6.92 Å². The molecule has 0 amide bonds. The van der Waals surface area contributed by atoms with E-state index in [0.717, 1.165) is 19.3 Å². The Balaban J connectivity index is 3.64. The van der Waals surface area contributed by atoms with Crippen molar-refractivity contribution in [3.05, 3.63) is 0 Å². The summed E-state index contributed by atoms with van der Waals surface area (Å²) >= 11 is 0. The Morgan fingerprint density at radius 1 is 1.27 bits per heavy atom. The SMILES string of the molecule is CCCCCON(CC)CCS(=O)(=O)O. The third kappa shape index (κ3) is 10.1. The Labute approximate surface area is 92.1 Å². The van der Waals surface area contributed by atoms with E-state index in [4.69, 9.17) is 9.39 Å². The quantitative estimate of drug-likeness (QED) is 0.373. The van der Waals surface area contributed by atoms with Crippen molar-refractivity contribution in [1.29, 1.82) is 0 Å². The van der Waals surface area contributed by atoms with Gasteiger partial charge >= 0.3 is 0 Å². The predicted molar refractivity (Wildman–Crippen MR) is 59.1 cm³/mol. The molecule has 0 aromatic carbocycles. The first-order valence-electron chi connectivity index (χ1n) is 5.32. The molecule has 0 unspecified atom stereocenters. The van der Waals surface area contributed by atoms with Gasteiger partial charge in [0.05, 0.1) is 12.4 Å². The van der Waals surface area contributed by atoms with Crippen LogP contribution in [0.3, 0.4) is 0 Å². The molecule has 0 aromatic heterocycles.